The molecule has 4 aliphatic rings. The Hall–Kier alpha value is -2.53. The van der Waals surface area contributed by atoms with Crippen molar-refractivity contribution in [3.05, 3.63) is 53.6 Å². The third-order valence-corrected chi connectivity index (χ3v) is 7.15. The van der Waals surface area contributed by atoms with Gasteiger partial charge in [-0.2, -0.15) is 0 Å². The average Bonchev–Trinajstić information content (AvgIpc) is 3.04. The van der Waals surface area contributed by atoms with Gasteiger partial charge in [-0.1, -0.05) is 24.3 Å². The summed E-state index contributed by atoms with van der Waals surface area (Å²) in [7, 11) is 0. The van der Waals surface area contributed by atoms with Crippen molar-refractivity contribution < 1.29 is 14.6 Å². The lowest BCUT2D eigenvalue weighted by molar-refractivity contribution is -0.138. The van der Waals surface area contributed by atoms with E-state index in [1.807, 2.05) is 24.3 Å². The van der Waals surface area contributed by atoms with Crippen molar-refractivity contribution in [2.75, 3.05) is 12.0 Å². The van der Waals surface area contributed by atoms with E-state index in [9.17, 15) is 9.90 Å². The van der Waals surface area contributed by atoms with Crippen molar-refractivity contribution >= 4 is 11.5 Å². The number of nitrogens with zero attached hydrogens (tertiary/aromatic N) is 1. The van der Waals surface area contributed by atoms with Crippen LogP contribution in [0.3, 0.4) is 0 Å². The first kappa shape index (κ1) is 15.5. The number of piperidine rings is 1. The van der Waals surface area contributed by atoms with Crippen LogP contribution in [0.15, 0.2) is 42.5 Å². The van der Waals surface area contributed by atoms with E-state index in [0.29, 0.717) is 24.1 Å². The SMILES string of the molecule is O=C1CCC2C3Cc4ccc(O)c5c4[C@]2(CCN3Nc2ccccc2)[C@@H]1O5. The fourth-order valence-corrected chi connectivity index (χ4v) is 6.15. The minimum Gasteiger partial charge on any atom is -0.504 e. The lowest BCUT2D eigenvalue weighted by Crippen LogP contribution is -2.67. The van der Waals surface area contributed by atoms with Gasteiger partial charge >= 0.3 is 0 Å². The van der Waals surface area contributed by atoms with Gasteiger partial charge in [-0.3, -0.25) is 4.79 Å². The van der Waals surface area contributed by atoms with Crippen LogP contribution in [0.2, 0.25) is 0 Å². The fourth-order valence-electron chi connectivity index (χ4n) is 6.15. The van der Waals surface area contributed by atoms with E-state index in [1.165, 1.54) is 5.56 Å². The van der Waals surface area contributed by atoms with Crippen molar-refractivity contribution in [3.63, 3.8) is 0 Å². The van der Waals surface area contributed by atoms with Crippen molar-refractivity contribution in [1.29, 1.82) is 0 Å². The van der Waals surface area contributed by atoms with E-state index in [0.717, 1.165) is 37.1 Å². The highest BCUT2D eigenvalue weighted by molar-refractivity contribution is 5.89. The molecule has 2 bridgehead atoms. The molecule has 2 aliphatic heterocycles. The Bertz CT molecular complexity index is 944. The van der Waals surface area contributed by atoms with E-state index in [-0.39, 0.29) is 16.9 Å². The maximum Gasteiger partial charge on any atom is 0.174 e. The second-order valence-electron chi connectivity index (χ2n) is 8.29. The molecule has 0 amide bonds. The normalized spacial score (nSPS) is 33.3. The molecule has 0 aromatic heterocycles. The number of hydrogen-bond donors (Lipinski definition) is 2. The van der Waals surface area contributed by atoms with Crippen molar-refractivity contribution in [2.24, 2.45) is 5.92 Å². The number of para-hydroxylation sites is 1. The molecule has 2 N–H and O–H groups in total. The first-order valence-corrected chi connectivity index (χ1v) is 9.81. The first-order valence-electron chi connectivity index (χ1n) is 9.81. The second-order valence-corrected chi connectivity index (χ2v) is 8.29. The number of benzene rings is 2. The molecule has 4 atom stereocenters. The molecule has 1 saturated carbocycles. The summed E-state index contributed by atoms with van der Waals surface area (Å²) in [6.07, 6.45) is 2.81. The number of nitrogens with one attached hydrogen (secondary N) is 1. The van der Waals surface area contributed by atoms with Crippen LogP contribution in [-0.2, 0) is 16.6 Å². The molecule has 27 heavy (non-hydrogen) atoms. The van der Waals surface area contributed by atoms with Crippen LogP contribution in [0.1, 0.15) is 30.4 Å². The van der Waals surface area contributed by atoms with Crippen molar-refractivity contribution in [1.82, 2.24) is 5.01 Å². The average molecular weight is 362 g/mol. The Morgan fingerprint density at radius 1 is 1.19 bits per heavy atom. The summed E-state index contributed by atoms with van der Waals surface area (Å²) in [4.78, 5) is 12.8. The fraction of sp³-hybridized carbons (Fsp3) is 0.409. The quantitative estimate of drug-likeness (QED) is 0.860. The molecule has 2 aliphatic carbocycles. The highest BCUT2D eigenvalue weighted by Crippen LogP contribution is 2.63. The molecule has 2 heterocycles. The van der Waals surface area contributed by atoms with Crippen molar-refractivity contribution in [3.8, 4) is 11.5 Å². The molecule has 2 fully saturated rings. The molecule has 138 valence electrons. The summed E-state index contributed by atoms with van der Waals surface area (Å²) in [5.74, 6) is 1.30. The summed E-state index contributed by atoms with van der Waals surface area (Å²) in [6.45, 7) is 0.859. The van der Waals surface area contributed by atoms with Gasteiger partial charge in [0.05, 0.1) is 0 Å². The summed E-state index contributed by atoms with van der Waals surface area (Å²) >= 11 is 0. The zero-order valence-corrected chi connectivity index (χ0v) is 15.0. The predicted octanol–water partition coefficient (Wildman–Crippen LogP) is 3.03. The standard InChI is InChI=1S/C22H22N2O3/c25-17-8-6-13-12-16-15-7-9-18(26)21-22(15,19(13)20(17)27-21)10-11-24(16)23-14-4-2-1-3-5-14/h1-6,8,15-16,21,23,25H,7,9-12H2/t15?,16?,21-,22-/m1/s1. The molecule has 6 rings (SSSR count). The number of carbonyl (C=O) groups excluding carboxylic acids is 1. The van der Waals surface area contributed by atoms with Crippen LogP contribution in [-0.4, -0.2) is 34.6 Å². The van der Waals surface area contributed by atoms with Crippen LogP contribution in [0, 0.1) is 5.92 Å². The number of Topliss-reactive ketones (excluding diaryl/α,β-unsaturated/α-hetero) is 1. The Balaban J connectivity index is 1.47. The maximum atomic E-state index is 12.8. The summed E-state index contributed by atoms with van der Waals surface area (Å²) < 4.78 is 6.14. The molecule has 1 saturated heterocycles. The number of phenolic OH excluding ortho intramolecular Hbond substituents is 1. The van der Waals surface area contributed by atoms with Crippen LogP contribution in [0.4, 0.5) is 5.69 Å². The Morgan fingerprint density at radius 3 is 2.89 bits per heavy atom. The molecule has 2 unspecified atom stereocenters. The molecule has 5 heteroatoms. The van der Waals surface area contributed by atoms with Gasteiger partial charge < -0.3 is 15.3 Å². The predicted molar refractivity (Wildman–Crippen MR) is 101 cm³/mol. The van der Waals surface area contributed by atoms with Gasteiger partial charge in [0.15, 0.2) is 23.4 Å². The molecular weight excluding hydrogens is 340 g/mol. The highest BCUT2D eigenvalue weighted by Gasteiger charge is 2.66. The van der Waals surface area contributed by atoms with Crippen molar-refractivity contribution in [2.45, 2.75) is 43.2 Å². The van der Waals surface area contributed by atoms with E-state index >= 15 is 0 Å². The number of phenols is 1. The monoisotopic (exact) mass is 362 g/mol. The number of rotatable bonds is 2. The summed E-state index contributed by atoms with van der Waals surface area (Å²) in [5, 5.41) is 12.7. The van der Waals surface area contributed by atoms with Crippen LogP contribution >= 0.6 is 0 Å². The Labute approximate surface area is 157 Å². The molecule has 2 aromatic rings. The van der Waals surface area contributed by atoms with E-state index in [2.05, 4.69) is 22.6 Å². The van der Waals surface area contributed by atoms with Crippen LogP contribution in [0.5, 0.6) is 11.5 Å². The number of aromatic hydroxyl groups is 1. The van der Waals surface area contributed by atoms with Crippen LogP contribution in [0.25, 0.3) is 0 Å². The third kappa shape index (κ3) is 1.90. The summed E-state index contributed by atoms with van der Waals surface area (Å²) in [6, 6.07) is 14.3. The number of anilines is 1. The third-order valence-electron chi connectivity index (χ3n) is 7.15. The minimum absolute atomic E-state index is 0.173. The molecule has 2 aromatic carbocycles. The van der Waals surface area contributed by atoms with Gasteiger partial charge in [-0.25, -0.2) is 5.01 Å². The summed E-state index contributed by atoms with van der Waals surface area (Å²) in [5.41, 5.74) is 6.79. The molecule has 5 nitrogen and oxygen atoms in total. The number of hydrazine groups is 1. The number of ketones is 1. The first-order chi connectivity index (χ1) is 13.2. The second kappa shape index (κ2) is 5.26. The van der Waals surface area contributed by atoms with E-state index < -0.39 is 6.10 Å². The zero-order chi connectivity index (χ0) is 18.2. The van der Waals surface area contributed by atoms with Gasteiger partial charge in [-0.15, -0.1) is 0 Å². The Kier molecular flexibility index (Phi) is 3.02. The van der Waals surface area contributed by atoms with Gasteiger partial charge in [0.2, 0.25) is 0 Å². The van der Waals surface area contributed by atoms with E-state index in [4.69, 9.17) is 4.74 Å². The number of carbonyl (C=O) groups is 1. The minimum atomic E-state index is -0.431. The van der Waals surface area contributed by atoms with Gasteiger partial charge in [-0.05, 0) is 48.9 Å². The van der Waals surface area contributed by atoms with Gasteiger partial charge in [0.25, 0.3) is 0 Å². The maximum absolute atomic E-state index is 12.8. The van der Waals surface area contributed by atoms with Gasteiger partial charge in [0, 0.05) is 35.7 Å². The molecular formula is C22H22N2O3. The largest absolute Gasteiger partial charge is 0.504 e. The highest BCUT2D eigenvalue weighted by atomic mass is 16.5. The van der Waals surface area contributed by atoms with Gasteiger partial charge in [0.1, 0.15) is 0 Å². The number of ether oxygens (including phenoxy) is 1. The lowest BCUT2D eigenvalue weighted by Gasteiger charge is -2.57. The smallest absolute Gasteiger partial charge is 0.174 e. The molecule has 1 spiro atoms. The van der Waals surface area contributed by atoms with E-state index in [1.54, 1.807) is 6.07 Å². The van der Waals surface area contributed by atoms with Crippen LogP contribution < -0.4 is 10.2 Å². The lowest BCUT2D eigenvalue weighted by atomic mass is 9.52. The topological polar surface area (TPSA) is 61.8 Å². The molecule has 0 radical (unpaired) electrons. The zero-order valence-electron chi connectivity index (χ0n) is 15.0. The number of hydrogen-bond acceptors (Lipinski definition) is 5. The Morgan fingerprint density at radius 2 is 2.04 bits per heavy atom.